The van der Waals surface area contributed by atoms with Crippen molar-refractivity contribution in [1.82, 2.24) is 20.0 Å². The summed E-state index contributed by atoms with van der Waals surface area (Å²) in [6, 6.07) is 9.39. The Morgan fingerprint density at radius 1 is 1.26 bits per heavy atom. The summed E-state index contributed by atoms with van der Waals surface area (Å²) in [5.41, 5.74) is 0.0353. The van der Waals surface area contributed by atoms with E-state index in [0.29, 0.717) is 6.54 Å². The quantitative estimate of drug-likeness (QED) is 0.648. The van der Waals surface area contributed by atoms with Gasteiger partial charge in [-0.15, -0.1) is 0 Å². The van der Waals surface area contributed by atoms with Gasteiger partial charge in [-0.2, -0.15) is 4.98 Å². The molecule has 0 saturated heterocycles. The predicted molar refractivity (Wildman–Crippen MR) is 95.0 cm³/mol. The van der Waals surface area contributed by atoms with E-state index in [2.05, 4.69) is 15.5 Å². The van der Waals surface area contributed by atoms with Gasteiger partial charge in [0.25, 0.3) is 11.3 Å². The fourth-order valence-electron chi connectivity index (χ4n) is 2.56. The van der Waals surface area contributed by atoms with Gasteiger partial charge in [0.15, 0.2) is 0 Å². The molecule has 0 fully saturated rings. The molecule has 3 aromatic rings. The molecule has 140 valence electrons. The summed E-state index contributed by atoms with van der Waals surface area (Å²) in [7, 11) is 0. The molecule has 0 aliphatic heterocycles. The van der Waals surface area contributed by atoms with E-state index in [1.165, 1.54) is 4.57 Å². The van der Waals surface area contributed by atoms with Gasteiger partial charge in [-0.25, -0.2) is 4.79 Å². The van der Waals surface area contributed by atoms with Crippen molar-refractivity contribution in [3.63, 3.8) is 0 Å². The van der Waals surface area contributed by atoms with E-state index in [1.807, 2.05) is 30.3 Å². The van der Waals surface area contributed by atoms with E-state index in [1.54, 1.807) is 13.8 Å². The fraction of sp³-hybridized carbons (Fsp3) is 0.278. The van der Waals surface area contributed by atoms with Crippen molar-refractivity contribution in [2.45, 2.75) is 26.9 Å². The number of hydrogen-bond acceptors (Lipinski definition) is 7. The van der Waals surface area contributed by atoms with Crippen LogP contribution in [0, 0.1) is 6.92 Å². The molecule has 0 spiro atoms. The topological polar surface area (TPSA) is 116 Å². The first-order valence-electron chi connectivity index (χ1n) is 8.35. The average Bonchev–Trinajstić information content (AvgIpc) is 3.08. The lowest BCUT2D eigenvalue weighted by Crippen LogP contribution is -2.34. The summed E-state index contributed by atoms with van der Waals surface area (Å²) in [6.07, 6.45) is 0. The van der Waals surface area contributed by atoms with Crippen LogP contribution >= 0.6 is 0 Å². The van der Waals surface area contributed by atoms with Crippen LogP contribution in [-0.4, -0.2) is 33.2 Å². The Balaban J connectivity index is 1.85. The lowest BCUT2D eigenvalue weighted by atomic mass is 10.2. The molecule has 0 saturated carbocycles. The van der Waals surface area contributed by atoms with Crippen molar-refractivity contribution in [1.29, 1.82) is 0 Å². The summed E-state index contributed by atoms with van der Waals surface area (Å²) in [4.78, 5) is 41.1. The lowest BCUT2D eigenvalue weighted by molar-refractivity contribution is -0.121. The Morgan fingerprint density at radius 2 is 2.00 bits per heavy atom. The lowest BCUT2D eigenvalue weighted by Gasteiger charge is -2.10. The number of hydrogen-bond donors (Lipinski definition) is 1. The van der Waals surface area contributed by atoms with Crippen LogP contribution in [0.4, 0.5) is 0 Å². The van der Waals surface area contributed by atoms with E-state index < -0.39 is 11.5 Å². The molecule has 9 nitrogen and oxygen atoms in total. The third-order valence-corrected chi connectivity index (χ3v) is 3.89. The van der Waals surface area contributed by atoms with E-state index >= 15 is 0 Å². The summed E-state index contributed by atoms with van der Waals surface area (Å²) in [5, 5.41) is 6.23. The van der Waals surface area contributed by atoms with Crippen molar-refractivity contribution < 1.29 is 18.8 Å². The Labute approximate surface area is 153 Å². The zero-order valence-electron chi connectivity index (χ0n) is 14.9. The number of fused-ring (bicyclic) bond motifs is 1. The van der Waals surface area contributed by atoms with Crippen LogP contribution in [0.5, 0.6) is 0 Å². The summed E-state index contributed by atoms with van der Waals surface area (Å²) >= 11 is 0. The number of nitrogens with one attached hydrogen (secondary N) is 1. The zero-order valence-corrected chi connectivity index (χ0v) is 14.9. The smallest absolute Gasteiger partial charge is 0.361 e. The number of esters is 1. The first-order valence-corrected chi connectivity index (χ1v) is 8.35. The second-order valence-electron chi connectivity index (χ2n) is 5.74. The highest BCUT2D eigenvalue weighted by atomic mass is 16.5. The van der Waals surface area contributed by atoms with Crippen LogP contribution in [-0.2, 0) is 22.6 Å². The third-order valence-electron chi connectivity index (χ3n) is 3.89. The van der Waals surface area contributed by atoms with Crippen molar-refractivity contribution in [2.24, 2.45) is 0 Å². The van der Waals surface area contributed by atoms with Gasteiger partial charge in [-0.3, -0.25) is 14.2 Å². The van der Waals surface area contributed by atoms with Gasteiger partial charge < -0.3 is 14.6 Å². The van der Waals surface area contributed by atoms with Gasteiger partial charge in [0.05, 0.1) is 6.61 Å². The molecular formula is C18H18N4O5. The van der Waals surface area contributed by atoms with Crippen LogP contribution < -0.4 is 10.9 Å². The van der Waals surface area contributed by atoms with Gasteiger partial charge in [-0.05, 0) is 19.4 Å². The Hall–Kier alpha value is -3.49. The standard InChI is InChI=1S/C18H18N4O5/c1-3-26-18(25)15-14-16(27-21-15)20-11(2)22(17(14)24)10-13(23)19-9-12-7-5-4-6-8-12/h4-8H,3,9-10H2,1-2H3,(H,19,23). The van der Waals surface area contributed by atoms with Crippen LogP contribution in [0.25, 0.3) is 11.1 Å². The van der Waals surface area contributed by atoms with Crippen molar-refractivity contribution in [2.75, 3.05) is 6.61 Å². The van der Waals surface area contributed by atoms with E-state index in [-0.39, 0.29) is 41.7 Å². The molecule has 0 aliphatic rings. The Bertz CT molecular complexity index is 1040. The molecule has 0 aliphatic carbocycles. The monoisotopic (exact) mass is 370 g/mol. The number of aryl methyl sites for hydroxylation is 1. The minimum atomic E-state index is -0.779. The number of carbonyl (C=O) groups is 2. The van der Waals surface area contributed by atoms with Crippen molar-refractivity contribution in [3.05, 3.63) is 57.8 Å². The number of nitrogens with zero attached hydrogens (tertiary/aromatic N) is 3. The molecule has 0 unspecified atom stereocenters. The number of carbonyl (C=O) groups excluding carboxylic acids is 2. The SMILES string of the molecule is CCOC(=O)c1noc2nc(C)n(CC(=O)NCc3ccccc3)c(=O)c12. The fourth-order valence-corrected chi connectivity index (χ4v) is 2.56. The maximum atomic E-state index is 12.8. The molecule has 0 radical (unpaired) electrons. The average molecular weight is 370 g/mol. The van der Waals surface area contributed by atoms with Gasteiger partial charge in [-0.1, -0.05) is 35.5 Å². The number of rotatable bonds is 6. The van der Waals surface area contributed by atoms with Gasteiger partial charge in [0.2, 0.25) is 11.6 Å². The van der Waals surface area contributed by atoms with Crippen molar-refractivity contribution in [3.8, 4) is 0 Å². The predicted octanol–water partition coefficient (Wildman–Crippen LogP) is 1.19. The van der Waals surface area contributed by atoms with Crippen LogP contribution in [0.3, 0.4) is 0 Å². The highest BCUT2D eigenvalue weighted by Crippen LogP contribution is 2.14. The molecule has 0 atom stereocenters. The summed E-state index contributed by atoms with van der Waals surface area (Å²) < 4.78 is 11.0. The largest absolute Gasteiger partial charge is 0.461 e. The van der Waals surface area contributed by atoms with Gasteiger partial charge >= 0.3 is 5.97 Å². The Kier molecular flexibility index (Phi) is 5.30. The molecule has 2 heterocycles. The molecule has 9 heteroatoms. The number of aromatic nitrogens is 3. The molecule has 0 bridgehead atoms. The molecule has 3 rings (SSSR count). The third kappa shape index (κ3) is 3.86. The van der Waals surface area contributed by atoms with Crippen LogP contribution in [0.15, 0.2) is 39.6 Å². The molecule has 1 amide bonds. The number of benzene rings is 1. The minimum Gasteiger partial charge on any atom is -0.461 e. The van der Waals surface area contributed by atoms with Crippen molar-refractivity contribution >= 4 is 23.0 Å². The molecular weight excluding hydrogens is 352 g/mol. The normalized spacial score (nSPS) is 10.7. The highest BCUT2D eigenvalue weighted by molar-refractivity contribution is 5.99. The second-order valence-corrected chi connectivity index (χ2v) is 5.74. The van der Waals surface area contributed by atoms with Gasteiger partial charge in [0, 0.05) is 6.54 Å². The maximum absolute atomic E-state index is 12.8. The maximum Gasteiger partial charge on any atom is 0.361 e. The molecule has 1 aromatic carbocycles. The second kappa shape index (κ2) is 7.81. The Morgan fingerprint density at radius 3 is 2.70 bits per heavy atom. The van der Waals surface area contributed by atoms with Crippen LogP contribution in [0.2, 0.25) is 0 Å². The van der Waals surface area contributed by atoms with E-state index in [4.69, 9.17) is 9.26 Å². The number of ether oxygens (including phenoxy) is 1. The molecule has 27 heavy (non-hydrogen) atoms. The van der Waals surface area contributed by atoms with Gasteiger partial charge in [0.1, 0.15) is 17.8 Å². The molecule has 2 aromatic heterocycles. The van der Waals surface area contributed by atoms with E-state index in [0.717, 1.165) is 5.56 Å². The first-order chi connectivity index (χ1) is 13.0. The first kappa shape index (κ1) is 18.3. The minimum absolute atomic E-state index is 0.0681. The zero-order chi connectivity index (χ0) is 19.4. The summed E-state index contributed by atoms with van der Waals surface area (Å²) in [5.74, 6) is -0.868. The van der Waals surface area contributed by atoms with Crippen LogP contribution in [0.1, 0.15) is 28.8 Å². The van der Waals surface area contributed by atoms with E-state index in [9.17, 15) is 14.4 Å². The number of amides is 1. The molecule has 1 N–H and O–H groups in total. The highest BCUT2D eigenvalue weighted by Gasteiger charge is 2.24. The summed E-state index contributed by atoms with van der Waals surface area (Å²) in [6.45, 7) is 3.43.